The fraction of sp³-hybridized carbons (Fsp3) is 0.615. The molecule has 4 nitrogen and oxygen atoms in total. The third-order valence-electron chi connectivity index (χ3n) is 3.62. The molecule has 0 atom stereocenters. The fourth-order valence-corrected chi connectivity index (χ4v) is 4.41. The minimum atomic E-state index is -3.49. The Kier molecular flexibility index (Phi) is 4.81. The third-order valence-corrected chi connectivity index (χ3v) is 5.99. The number of hydrogen-bond donors (Lipinski definition) is 0. The van der Waals surface area contributed by atoms with Gasteiger partial charge in [-0.25, -0.2) is 8.42 Å². The van der Waals surface area contributed by atoms with Crippen LogP contribution < -0.4 is 0 Å². The molecule has 0 spiro atoms. The van der Waals surface area contributed by atoms with Gasteiger partial charge in [0.25, 0.3) is 0 Å². The van der Waals surface area contributed by atoms with Gasteiger partial charge in [-0.1, -0.05) is 31.4 Å². The first-order valence-electron chi connectivity index (χ1n) is 6.65. The number of halogens is 1. The van der Waals surface area contributed by atoms with Gasteiger partial charge >= 0.3 is 0 Å². The number of piperidine rings is 1. The van der Waals surface area contributed by atoms with E-state index in [1.54, 1.807) is 0 Å². The SMILES string of the molecule is CCCC1CCN(S(=O)(=O)c2cnccc2Cl)CC1. The van der Waals surface area contributed by atoms with Crippen molar-refractivity contribution in [3.8, 4) is 0 Å². The largest absolute Gasteiger partial charge is 0.263 e. The van der Waals surface area contributed by atoms with E-state index in [1.807, 2.05) is 0 Å². The van der Waals surface area contributed by atoms with Crippen LogP contribution in [0.25, 0.3) is 0 Å². The smallest absolute Gasteiger partial charge is 0.246 e. The molecule has 1 saturated heterocycles. The first-order valence-corrected chi connectivity index (χ1v) is 8.47. The molecule has 0 N–H and O–H groups in total. The van der Waals surface area contributed by atoms with Gasteiger partial charge in [-0.15, -0.1) is 0 Å². The topological polar surface area (TPSA) is 50.3 Å². The second kappa shape index (κ2) is 6.20. The van der Waals surface area contributed by atoms with Gasteiger partial charge in [0.15, 0.2) is 0 Å². The molecule has 0 saturated carbocycles. The Morgan fingerprint density at radius 3 is 2.68 bits per heavy atom. The quantitative estimate of drug-likeness (QED) is 0.859. The molecule has 2 rings (SSSR count). The van der Waals surface area contributed by atoms with E-state index in [9.17, 15) is 8.42 Å². The van der Waals surface area contributed by atoms with Crippen LogP contribution in [0.15, 0.2) is 23.4 Å². The highest BCUT2D eigenvalue weighted by atomic mass is 35.5. The molecule has 0 aromatic carbocycles. The Hall–Kier alpha value is -0.650. The first-order chi connectivity index (χ1) is 9.05. The number of hydrogen-bond acceptors (Lipinski definition) is 3. The zero-order valence-electron chi connectivity index (χ0n) is 11.0. The van der Waals surface area contributed by atoms with Crippen molar-refractivity contribution in [2.45, 2.75) is 37.5 Å². The van der Waals surface area contributed by atoms with Crippen LogP contribution in [0.2, 0.25) is 5.02 Å². The predicted molar refractivity (Wildman–Crippen MR) is 75.6 cm³/mol. The summed E-state index contributed by atoms with van der Waals surface area (Å²) in [6, 6.07) is 1.51. The zero-order valence-corrected chi connectivity index (χ0v) is 12.6. The normalized spacial score (nSPS) is 18.6. The summed E-state index contributed by atoms with van der Waals surface area (Å²) in [6.45, 7) is 3.33. The van der Waals surface area contributed by atoms with E-state index >= 15 is 0 Å². The lowest BCUT2D eigenvalue weighted by atomic mass is 9.94. The molecule has 0 amide bonds. The highest BCUT2D eigenvalue weighted by molar-refractivity contribution is 7.89. The fourth-order valence-electron chi connectivity index (χ4n) is 2.54. The summed E-state index contributed by atoms with van der Waals surface area (Å²) in [5, 5.41) is 0.241. The van der Waals surface area contributed by atoms with Gasteiger partial charge in [0.1, 0.15) is 4.90 Å². The second-order valence-electron chi connectivity index (χ2n) is 4.94. The maximum atomic E-state index is 12.5. The first kappa shape index (κ1) is 14.8. The average molecular weight is 303 g/mol. The molecule has 1 fully saturated rings. The number of sulfonamides is 1. The van der Waals surface area contributed by atoms with Crippen molar-refractivity contribution in [1.82, 2.24) is 9.29 Å². The lowest BCUT2D eigenvalue weighted by Gasteiger charge is -2.31. The van der Waals surface area contributed by atoms with Crippen LogP contribution in [-0.2, 0) is 10.0 Å². The van der Waals surface area contributed by atoms with E-state index in [2.05, 4.69) is 11.9 Å². The lowest BCUT2D eigenvalue weighted by Crippen LogP contribution is -2.38. The van der Waals surface area contributed by atoms with Gasteiger partial charge in [0.2, 0.25) is 10.0 Å². The minimum Gasteiger partial charge on any atom is -0.263 e. The molecule has 0 bridgehead atoms. The maximum Gasteiger partial charge on any atom is 0.246 e. The molecule has 106 valence electrons. The molecule has 1 aromatic heterocycles. The summed E-state index contributed by atoms with van der Waals surface area (Å²) in [7, 11) is -3.49. The van der Waals surface area contributed by atoms with Gasteiger partial charge < -0.3 is 0 Å². The van der Waals surface area contributed by atoms with E-state index in [0.717, 1.165) is 19.3 Å². The Labute approximate surface area is 119 Å². The Bertz CT molecular complexity index is 525. The monoisotopic (exact) mass is 302 g/mol. The Morgan fingerprint density at radius 1 is 1.42 bits per heavy atom. The molecular weight excluding hydrogens is 284 g/mol. The summed E-state index contributed by atoms with van der Waals surface area (Å²) < 4.78 is 26.5. The van der Waals surface area contributed by atoms with Gasteiger partial charge in [0.05, 0.1) is 5.02 Å². The van der Waals surface area contributed by atoms with Gasteiger partial charge in [-0.3, -0.25) is 4.98 Å². The highest BCUT2D eigenvalue weighted by Crippen LogP contribution is 2.28. The van der Waals surface area contributed by atoms with Crippen LogP contribution in [0.1, 0.15) is 32.6 Å². The van der Waals surface area contributed by atoms with Crippen molar-refractivity contribution >= 4 is 21.6 Å². The standard InChI is InChI=1S/C13H19ClN2O2S/c1-2-3-11-5-8-16(9-6-11)19(17,18)13-10-15-7-4-12(13)14/h4,7,10-11H,2-3,5-6,8-9H2,1H3. The van der Waals surface area contributed by atoms with Crippen LogP contribution in [0.5, 0.6) is 0 Å². The van der Waals surface area contributed by atoms with Crippen molar-refractivity contribution in [1.29, 1.82) is 0 Å². The number of nitrogens with zero attached hydrogens (tertiary/aromatic N) is 2. The summed E-state index contributed by atoms with van der Waals surface area (Å²) in [4.78, 5) is 3.98. The third kappa shape index (κ3) is 3.27. The molecular formula is C13H19ClN2O2S. The van der Waals surface area contributed by atoms with Crippen LogP contribution >= 0.6 is 11.6 Å². The lowest BCUT2D eigenvalue weighted by molar-refractivity contribution is 0.262. The van der Waals surface area contributed by atoms with Crippen LogP contribution in [-0.4, -0.2) is 30.8 Å². The average Bonchev–Trinajstić information content (AvgIpc) is 2.40. The van der Waals surface area contributed by atoms with E-state index in [0.29, 0.717) is 19.0 Å². The van der Waals surface area contributed by atoms with Crippen LogP contribution in [0.4, 0.5) is 0 Å². The van der Waals surface area contributed by atoms with E-state index < -0.39 is 10.0 Å². The van der Waals surface area contributed by atoms with Gasteiger partial charge in [-0.05, 0) is 24.8 Å². The summed E-state index contributed by atoms with van der Waals surface area (Å²) in [5.41, 5.74) is 0. The van der Waals surface area contributed by atoms with Crippen molar-refractivity contribution in [2.24, 2.45) is 5.92 Å². The summed E-state index contributed by atoms with van der Waals surface area (Å²) in [5.74, 6) is 0.654. The molecule has 1 aromatic rings. The molecule has 1 aliphatic rings. The van der Waals surface area contributed by atoms with Crippen LogP contribution in [0, 0.1) is 5.92 Å². The Balaban J connectivity index is 2.12. The molecule has 2 heterocycles. The molecule has 0 aliphatic carbocycles. The molecule has 0 unspecified atom stereocenters. The number of aromatic nitrogens is 1. The predicted octanol–water partition coefficient (Wildman–Crippen LogP) is 2.94. The second-order valence-corrected chi connectivity index (χ2v) is 7.26. The zero-order chi connectivity index (χ0) is 13.9. The molecule has 19 heavy (non-hydrogen) atoms. The highest BCUT2D eigenvalue weighted by Gasteiger charge is 2.30. The van der Waals surface area contributed by atoms with Crippen molar-refractivity contribution in [3.05, 3.63) is 23.5 Å². The van der Waals surface area contributed by atoms with E-state index in [-0.39, 0.29) is 9.92 Å². The van der Waals surface area contributed by atoms with Gasteiger partial charge in [-0.2, -0.15) is 4.31 Å². The van der Waals surface area contributed by atoms with Gasteiger partial charge in [0, 0.05) is 25.5 Å². The van der Waals surface area contributed by atoms with Crippen molar-refractivity contribution < 1.29 is 8.42 Å². The summed E-state index contributed by atoms with van der Waals surface area (Å²) >= 11 is 5.96. The van der Waals surface area contributed by atoms with Crippen molar-refractivity contribution in [3.63, 3.8) is 0 Å². The minimum absolute atomic E-state index is 0.116. The number of rotatable bonds is 4. The Morgan fingerprint density at radius 2 is 2.11 bits per heavy atom. The van der Waals surface area contributed by atoms with Crippen LogP contribution in [0.3, 0.4) is 0 Å². The van der Waals surface area contributed by atoms with E-state index in [4.69, 9.17) is 11.6 Å². The van der Waals surface area contributed by atoms with Crippen molar-refractivity contribution in [2.75, 3.05) is 13.1 Å². The maximum absolute atomic E-state index is 12.5. The number of pyridine rings is 1. The van der Waals surface area contributed by atoms with E-state index in [1.165, 1.54) is 29.2 Å². The summed E-state index contributed by atoms with van der Waals surface area (Å²) in [6.07, 6.45) is 7.04. The molecule has 0 radical (unpaired) electrons. The molecule has 6 heteroatoms. The molecule has 1 aliphatic heterocycles.